The van der Waals surface area contributed by atoms with Crippen molar-refractivity contribution in [2.24, 2.45) is 11.8 Å². The van der Waals surface area contributed by atoms with E-state index in [1.807, 2.05) is 0 Å². The lowest BCUT2D eigenvalue weighted by atomic mass is 9.86. The maximum absolute atomic E-state index is 11.8. The number of rotatable bonds is 10. The Morgan fingerprint density at radius 1 is 1.05 bits per heavy atom. The Hall–Kier alpha value is -1.06. The lowest BCUT2D eigenvalue weighted by molar-refractivity contribution is -0.147. The molecule has 4 heteroatoms. The highest BCUT2D eigenvalue weighted by molar-refractivity contribution is 5.74. The van der Waals surface area contributed by atoms with E-state index in [4.69, 9.17) is 4.74 Å². The molecule has 0 radical (unpaired) electrons. The predicted octanol–water partition coefficient (Wildman–Crippen LogP) is 3.34. The minimum atomic E-state index is -0.268. The van der Waals surface area contributed by atoms with E-state index in [9.17, 15) is 9.59 Å². The fourth-order valence-corrected chi connectivity index (χ4v) is 2.28. The molecule has 0 aromatic heterocycles. The number of hydrogen-bond acceptors (Lipinski definition) is 4. The average molecular weight is 272 g/mol. The first-order valence-corrected chi connectivity index (χ1v) is 7.23. The van der Waals surface area contributed by atoms with E-state index in [0.29, 0.717) is 12.3 Å². The SMILES string of the molecule is CCCCC(CC)CC(CCC(=O)OC)C(=O)OC. The Balaban J connectivity index is 4.39. The summed E-state index contributed by atoms with van der Waals surface area (Å²) in [7, 11) is 2.77. The van der Waals surface area contributed by atoms with Gasteiger partial charge in [0.05, 0.1) is 20.1 Å². The van der Waals surface area contributed by atoms with Gasteiger partial charge in [-0.1, -0.05) is 39.5 Å². The van der Waals surface area contributed by atoms with Crippen LogP contribution in [0.2, 0.25) is 0 Å². The molecular weight excluding hydrogens is 244 g/mol. The third-order valence-corrected chi connectivity index (χ3v) is 3.62. The normalized spacial score (nSPS) is 13.7. The van der Waals surface area contributed by atoms with Gasteiger partial charge in [0.25, 0.3) is 0 Å². The van der Waals surface area contributed by atoms with Crippen molar-refractivity contribution in [1.29, 1.82) is 0 Å². The van der Waals surface area contributed by atoms with Gasteiger partial charge in [0.2, 0.25) is 0 Å². The second-order valence-electron chi connectivity index (χ2n) is 4.99. The second kappa shape index (κ2) is 10.8. The number of carbonyl (C=O) groups is 2. The van der Waals surface area contributed by atoms with Crippen LogP contribution in [0.3, 0.4) is 0 Å². The number of ether oxygens (including phenoxy) is 2. The van der Waals surface area contributed by atoms with Crippen LogP contribution in [0.15, 0.2) is 0 Å². The van der Waals surface area contributed by atoms with Crippen LogP contribution in [0.25, 0.3) is 0 Å². The summed E-state index contributed by atoms with van der Waals surface area (Å²) in [6.07, 6.45) is 6.15. The first-order chi connectivity index (χ1) is 9.08. The van der Waals surface area contributed by atoms with E-state index in [0.717, 1.165) is 19.3 Å². The van der Waals surface area contributed by atoms with Crippen LogP contribution in [0.4, 0.5) is 0 Å². The lowest BCUT2D eigenvalue weighted by Gasteiger charge is -2.20. The molecule has 2 unspecified atom stereocenters. The molecule has 0 rings (SSSR count). The number of methoxy groups -OCH3 is 2. The van der Waals surface area contributed by atoms with Gasteiger partial charge in [0, 0.05) is 6.42 Å². The van der Waals surface area contributed by atoms with E-state index in [2.05, 4.69) is 18.6 Å². The molecule has 0 saturated carbocycles. The lowest BCUT2D eigenvalue weighted by Crippen LogP contribution is -2.21. The van der Waals surface area contributed by atoms with Crippen molar-refractivity contribution in [2.45, 2.75) is 58.8 Å². The highest BCUT2D eigenvalue weighted by Gasteiger charge is 2.23. The van der Waals surface area contributed by atoms with Crippen molar-refractivity contribution in [3.8, 4) is 0 Å². The van der Waals surface area contributed by atoms with Crippen molar-refractivity contribution in [3.63, 3.8) is 0 Å². The number of carbonyl (C=O) groups excluding carboxylic acids is 2. The summed E-state index contributed by atoms with van der Waals surface area (Å²) in [6, 6.07) is 0. The van der Waals surface area contributed by atoms with Crippen LogP contribution in [-0.4, -0.2) is 26.2 Å². The Kier molecular flexibility index (Phi) is 10.2. The van der Waals surface area contributed by atoms with Gasteiger partial charge in [-0.25, -0.2) is 0 Å². The maximum atomic E-state index is 11.8. The minimum Gasteiger partial charge on any atom is -0.469 e. The summed E-state index contributed by atoms with van der Waals surface area (Å²) in [5.74, 6) is -0.137. The van der Waals surface area contributed by atoms with E-state index >= 15 is 0 Å². The standard InChI is InChI=1S/C15H28O4/c1-5-7-8-12(6-2)11-13(15(17)19-4)9-10-14(16)18-3/h12-13H,5-11H2,1-4H3. The molecule has 0 aliphatic carbocycles. The van der Waals surface area contributed by atoms with Crippen molar-refractivity contribution in [2.75, 3.05) is 14.2 Å². The molecule has 0 aromatic carbocycles. The predicted molar refractivity (Wildman–Crippen MR) is 74.7 cm³/mol. The maximum Gasteiger partial charge on any atom is 0.308 e. The molecule has 0 fully saturated rings. The molecule has 0 bridgehead atoms. The molecule has 0 saturated heterocycles. The van der Waals surface area contributed by atoms with Gasteiger partial charge in [-0.15, -0.1) is 0 Å². The third kappa shape index (κ3) is 7.85. The van der Waals surface area contributed by atoms with Gasteiger partial charge in [-0.2, -0.15) is 0 Å². The molecule has 0 aliphatic heterocycles. The van der Waals surface area contributed by atoms with E-state index in [1.165, 1.54) is 27.1 Å². The zero-order valence-electron chi connectivity index (χ0n) is 12.7. The zero-order chi connectivity index (χ0) is 14.7. The van der Waals surface area contributed by atoms with Crippen LogP contribution < -0.4 is 0 Å². The van der Waals surface area contributed by atoms with Gasteiger partial charge >= 0.3 is 11.9 Å². The van der Waals surface area contributed by atoms with E-state index in [1.54, 1.807) is 0 Å². The van der Waals surface area contributed by atoms with Gasteiger partial charge in [-0.3, -0.25) is 9.59 Å². The molecule has 19 heavy (non-hydrogen) atoms. The second-order valence-corrected chi connectivity index (χ2v) is 4.99. The van der Waals surface area contributed by atoms with E-state index in [-0.39, 0.29) is 24.3 Å². The molecule has 0 N–H and O–H groups in total. The van der Waals surface area contributed by atoms with Crippen LogP contribution in [0, 0.1) is 11.8 Å². The highest BCUT2D eigenvalue weighted by Crippen LogP contribution is 2.25. The first kappa shape index (κ1) is 17.9. The van der Waals surface area contributed by atoms with Crippen LogP contribution >= 0.6 is 0 Å². The quantitative estimate of drug-likeness (QED) is 0.572. The molecule has 0 aliphatic rings. The molecular formula is C15H28O4. The summed E-state index contributed by atoms with van der Waals surface area (Å²) in [4.78, 5) is 22.9. The Morgan fingerprint density at radius 2 is 1.74 bits per heavy atom. The molecule has 4 nitrogen and oxygen atoms in total. The number of unbranched alkanes of at least 4 members (excludes halogenated alkanes) is 1. The monoisotopic (exact) mass is 272 g/mol. The van der Waals surface area contributed by atoms with Gasteiger partial charge in [0.1, 0.15) is 0 Å². The zero-order valence-corrected chi connectivity index (χ0v) is 12.7. The van der Waals surface area contributed by atoms with Crippen LogP contribution in [0.1, 0.15) is 58.8 Å². The smallest absolute Gasteiger partial charge is 0.308 e. The summed E-state index contributed by atoms with van der Waals surface area (Å²) in [5.41, 5.74) is 0. The summed E-state index contributed by atoms with van der Waals surface area (Å²) in [5, 5.41) is 0. The van der Waals surface area contributed by atoms with Crippen molar-refractivity contribution in [1.82, 2.24) is 0 Å². The average Bonchev–Trinajstić information content (AvgIpc) is 2.45. The molecule has 2 atom stereocenters. The van der Waals surface area contributed by atoms with Crippen LogP contribution in [-0.2, 0) is 19.1 Å². The van der Waals surface area contributed by atoms with E-state index < -0.39 is 0 Å². The largest absolute Gasteiger partial charge is 0.469 e. The topological polar surface area (TPSA) is 52.6 Å². The molecule has 112 valence electrons. The van der Waals surface area contributed by atoms with Crippen molar-refractivity contribution in [3.05, 3.63) is 0 Å². The number of esters is 2. The summed E-state index contributed by atoms with van der Waals surface area (Å²) in [6.45, 7) is 4.32. The molecule has 0 amide bonds. The third-order valence-electron chi connectivity index (χ3n) is 3.62. The minimum absolute atomic E-state index is 0.189. The molecule has 0 spiro atoms. The highest BCUT2D eigenvalue weighted by atomic mass is 16.5. The Labute approximate surface area is 116 Å². The summed E-state index contributed by atoms with van der Waals surface area (Å²) < 4.78 is 9.46. The molecule has 0 aromatic rings. The van der Waals surface area contributed by atoms with Crippen molar-refractivity contribution >= 4 is 11.9 Å². The molecule has 0 heterocycles. The van der Waals surface area contributed by atoms with Gasteiger partial charge in [-0.05, 0) is 18.8 Å². The van der Waals surface area contributed by atoms with Crippen LogP contribution in [0.5, 0.6) is 0 Å². The first-order valence-electron chi connectivity index (χ1n) is 7.23. The summed E-state index contributed by atoms with van der Waals surface area (Å²) >= 11 is 0. The van der Waals surface area contributed by atoms with Crippen molar-refractivity contribution < 1.29 is 19.1 Å². The Bertz CT molecular complexity index is 263. The fourth-order valence-electron chi connectivity index (χ4n) is 2.28. The fraction of sp³-hybridized carbons (Fsp3) is 0.867. The number of hydrogen-bond donors (Lipinski definition) is 0. The van der Waals surface area contributed by atoms with Gasteiger partial charge < -0.3 is 9.47 Å². The Morgan fingerprint density at radius 3 is 2.21 bits per heavy atom. The van der Waals surface area contributed by atoms with Gasteiger partial charge in [0.15, 0.2) is 0 Å².